The number of rotatable bonds is 8. The maximum Gasteiger partial charge on any atom is 0.119 e. The quantitative estimate of drug-likeness (QED) is 0.549. The average Bonchev–Trinajstić information content (AvgIpc) is 2.38. The lowest BCUT2D eigenvalue weighted by Gasteiger charge is -2.23. The molecule has 18 heavy (non-hydrogen) atoms. The van der Waals surface area contributed by atoms with Crippen molar-refractivity contribution in [3.8, 4) is 5.75 Å². The second-order valence-corrected chi connectivity index (χ2v) is 4.83. The molecule has 102 valence electrons. The van der Waals surface area contributed by atoms with Gasteiger partial charge in [-0.1, -0.05) is 39.3 Å². The van der Waals surface area contributed by atoms with Gasteiger partial charge in [0.2, 0.25) is 0 Å². The molecule has 3 N–H and O–H groups in total. The molecule has 0 spiro atoms. The summed E-state index contributed by atoms with van der Waals surface area (Å²) in [4.78, 5) is 0. The van der Waals surface area contributed by atoms with Crippen LogP contribution in [0.3, 0.4) is 0 Å². The van der Waals surface area contributed by atoms with Gasteiger partial charge in [0.05, 0.1) is 6.61 Å². The van der Waals surface area contributed by atoms with Crippen molar-refractivity contribution in [2.45, 2.75) is 46.1 Å². The van der Waals surface area contributed by atoms with Crippen LogP contribution in [0.2, 0.25) is 0 Å². The molecule has 0 amide bonds. The van der Waals surface area contributed by atoms with Gasteiger partial charge in [0, 0.05) is 6.04 Å². The topological polar surface area (TPSA) is 47.3 Å². The Kier molecular flexibility index (Phi) is 6.76. The summed E-state index contributed by atoms with van der Waals surface area (Å²) < 4.78 is 5.66. The van der Waals surface area contributed by atoms with E-state index in [9.17, 15) is 0 Å². The molecule has 0 saturated heterocycles. The summed E-state index contributed by atoms with van der Waals surface area (Å²) in [5, 5.41) is 0. The van der Waals surface area contributed by atoms with Gasteiger partial charge in [-0.05, 0) is 36.5 Å². The number of nitrogens with two attached hydrogens (primary N) is 1. The molecule has 3 heteroatoms. The first-order chi connectivity index (χ1) is 8.72. The molecule has 0 bridgehead atoms. The highest BCUT2D eigenvalue weighted by molar-refractivity contribution is 5.30. The fourth-order valence-corrected chi connectivity index (χ4v) is 2.23. The minimum Gasteiger partial charge on any atom is -0.494 e. The Morgan fingerprint density at radius 2 is 2.06 bits per heavy atom. The molecule has 0 fully saturated rings. The molecule has 0 saturated carbocycles. The van der Waals surface area contributed by atoms with E-state index in [1.54, 1.807) is 0 Å². The molecule has 1 rings (SSSR count). The van der Waals surface area contributed by atoms with Crippen molar-refractivity contribution in [3.63, 3.8) is 0 Å². The van der Waals surface area contributed by atoms with Crippen LogP contribution in [0.4, 0.5) is 0 Å². The molecule has 2 unspecified atom stereocenters. The minimum absolute atomic E-state index is 0.190. The lowest BCUT2D eigenvalue weighted by atomic mass is 9.91. The van der Waals surface area contributed by atoms with Crippen LogP contribution in [0.15, 0.2) is 24.3 Å². The first kappa shape index (κ1) is 15.0. The van der Waals surface area contributed by atoms with Crippen LogP contribution in [0, 0.1) is 5.92 Å². The van der Waals surface area contributed by atoms with Crippen LogP contribution in [-0.2, 0) is 0 Å². The van der Waals surface area contributed by atoms with Crippen molar-refractivity contribution in [2.24, 2.45) is 11.8 Å². The normalized spacial score (nSPS) is 14.2. The van der Waals surface area contributed by atoms with E-state index in [0.29, 0.717) is 5.92 Å². The van der Waals surface area contributed by atoms with Crippen LogP contribution in [0.1, 0.15) is 51.6 Å². The van der Waals surface area contributed by atoms with Gasteiger partial charge in [-0.3, -0.25) is 11.3 Å². The molecule has 1 aromatic rings. The van der Waals surface area contributed by atoms with Gasteiger partial charge in [0.1, 0.15) is 5.75 Å². The SMILES string of the molecule is CCCOc1cccc(C(NN)C(C)CCC)c1. The standard InChI is InChI=1S/C15H26N2O/c1-4-7-12(3)15(17-16)13-8-6-9-14(11-13)18-10-5-2/h6,8-9,11-12,15,17H,4-5,7,10,16H2,1-3H3. The van der Waals surface area contributed by atoms with Gasteiger partial charge >= 0.3 is 0 Å². The van der Waals surface area contributed by atoms with E-state index in [0.717, 1.165) is 25.2 Å². The van der Waals surface area contributed by atoms with E-state index < -0.39 is 0 Å². The fraction of sp³-hybridized carbons (Fsp3) is 0.600. The lowest BCUT2D eigenvalue weighted by molar-refractivity contribution is 0.315. The molecule has 0 heterocycles. The van der Waals surface area contributed by atoms with Gasteiger partial charge in [0.25, 0.3) is 0 Å². The van der Waals surface area contributed by atoms with E-state index in [2.05, 4.69) is 38.3 Å². The Morgan fingerprint density at radius 3 is 2.67 bits per heavy atom. The molecule has 0 aliphatic rings. The lowest BCUT2D eigenvalue weighted by Crippen LogP contribution is -2.32. The van der Waals surface area contributed by atoms with Crippen molar-refractivity contribution in [3.05, 3.63) is 29.8 Å². The zero-order valence-corrected chi connectivity index (χ0v) is 11.8. The van der Waals surface area contributed by atoms with Crippen molar-refractivity contribution in [1.82, 2.24) is 5.43 Å². The number of hydrazine groups is 1. The number of hydrogen-bond donors (Lipinski definition) is 2. The van der Waals surface area contributed by atoms with E-state index in [-0.39, 0.29) is 6.04 Å². The van der Waals surface area contributed by atoms with Crippen LogP contribution >= 0.6 is 0 Å². The van der Waals surface area contributed by atoms with Gasteiger partial charge in [-0.15, -0.1) is 0 Å². The smallest absolute Gasteiger partial charge is 0.119 e. The molecule has 3 nitrogen and oxygen atoms in total. The molecule has 0 aromatic heterocycles. The van der Waals surface area contributed by atoms with Crippen LogP contribution in [0.5, 0.6) is 5.75 Å². The van der Waals surface area contributed by atoms with E-state index >= 15 is 0 Å². The van der Waals surface area contributed by atoms with Gasteiger partial charge in [0.15, 0.2) is 0 Å². The average molecular weight is 250 g/mol. The second kappa shape index (κ2) is 8.11. The molecular formula is C15H26N2O. The van der Waals surface area contributed by atoms with Crippen LogP contribution in [0.25, 0.3) is 0 Å². The highest BCUT2D eigenvalue weighted by Gasteiger charge is 2.17. The number of ether oxygens (including phenoxy) is 1. The largest absolute Gasteiger partial charge is 0.494 e. The van der Waals surface area contributed by atoms with Crippen LogP contribution in [-0.4, -0.2) is 6.61 Å². The zero-order valence-electron chi connectivity index (χ0n) is 11.8. The number of hydrogen-bond acceptors (Lipinski definition) is 3. The molecule has 0 aliphatic heterocycles. The van der Waals surface area contributed by atoms with E-state index in [4.69, 9.17) is 10.6 Å². The predicted molar refractivity (Wildman–Crippen MR) is 76.4 cm³/mol. The summed E-state index contributed by atoms with van der Waals surface area (Å²) in [5.74, 6) is 7.14. The van der Waals surface area contributed by atoms with Crippen molar-refractivity contribution in [1.29, 1.82) is 0 Å². The third-order valence-electron chi connectivity index (χ3n) is 3.18. The highest BCUT2D eigenvalue weighted by Crippen LogP contribution is 2.27. The first-order valence-electron chi connectivity index (χ1n) is 6.91. The summed E-state index contributed by atoms with van der Waals surface area (Å²) in [6.45, 7) is 7.30. The molecular weight excluding hydrogens is 224 g/mol. The Morgan fingerprint density at radius 1 is 1.28 bits per heavy atom. The van der Waals surface area contributed by atoms with Gasteiger partial charge < -0.3 is 4.74 Å². The predicted octanol–water partition coefficient (Wildman–Crippen LogP) is 3.42. The third kappa shape index (κ3) is 4.31. The summed E-state index contributed by atoms with van der Waals surface area (Å²) in [6, 6.07) is 8.41. The Bertz CT molecular complexity index is 341. The van der Waals surface area contributed by atoms with Crippen molar-refractivity contribution in [2.75, 3.05) is 6.61 Å². The summed E-state index contributed by atoms with van der Waals surface area (Å²) in [5.41, 5.74) is 4.13. The van der Waals surface area contributed by atoms with Crippen molar-refractivity contribution >= 4 is 0 Å². The maximum atomic E-state index is 5.70. The van der Waals surface area contributed by atoms with E-state index in [1.165, 1.54) is 12.0 Å². The second-order valence-electron chi connectivity index (χ2n) is 4.83. The summed E-state index contributed by atoms with van der Waals surface area (Å²) >= 11 is 0. The molecule has 2 atom stereocenters. The maximum absolute atomic E-state index is 5.70. The number of benzene rings is 1. The minimum atomic E-state index is 0.190. The molecule has 0 radical (unpaired) electrons. The highest BCUT2D eigenvalue weighted by atomic mass is 16.5. The molecule has 1 aromatic carbocycles. The number of nitrogens with one attached hydrogen (secondary N) is 1. The Balaban J connectivity index is 2.78. The molecule has 0 aliphatic carbocycles. The van der Waals surface area contributed by atoms with E-state index in [1.807, 2.05) is 12.1 Å². The summed E-state index contributed by atoms with van der Waals surface area (Å²) in [6.07, 6.45) is 3.36. The monoisotopic (exact) mass is 250 g/mol. The van der Waals surface area contributed by atoms with Crippen LogP contribution < -0.4 is 16.0 Å². The van der Waals surface area contributed by atoms with Gasteiger partial charge in [-0.25, -0.2) is 0 Å². The fourth-order valence-electron chi connectivity index (χ4n) is 2.23. The van der Waals surface area contributed by atoms with Gasteiger partial charge in [-0.2, -0.15) is 0 Å². The summed E-state index contributed by atoms with van der Waals surface area (Å²) in [7, 11) is 0. The Labute approximate surface area is 111 Å². The van der Waals surface area contributed by atoms with Crippen molar-refractivity contribution < 1.29 is 4.74 Å². The third-order valence-corrected chi connectivity index (χ3v) is 3.18. The first-order valence-corrected chi connectivity index (χ1v) is 6.91. The Hall–Kier alpha value is -1.06. The zero-order chi connectivity index (χ0) is 13.4.